The van der Waals surface area contributed by atoms with Crippen LogP contribution in [0.5, 0.6) is 0 Å². The maximum absolute atomic E-state index is 12.9. The smallest absolute Gasteiger partial charge is 0.409 e. The van der Waals surface area contributed by atoms with Crippen LogP contribution in [0.4, 0.5) is 4.79 Å². The molecule has 0 aromatic heterocycles. The molecule has 30 heavy (non-hydrogen) atoms. The Hall–Kier alpha value is -3.10. The fourth-order valence-electron chi connectivity index (χ4n) is 3.54. The van der Waals surface area contributed by atoms with Crippen LogP contribution in [0, 0.1) is 12.8 Å². The maximum Gasteiger partial charge on any atom is 0.409 e. The second-order valence-electron chi connectivity index (χ2n) is 7.20. The summed E-state index contributed by atoms with van der Waals surface area (Å²) in [5.41, 5.74) is 1.85. The molecule has 2 amide bonds. The third kappa shape index (κ3) is 4.72. The van der Waals surface area contributed by atoms with Crippen molar-refractivity contribution in [2.75, 3.05) is 39.4 Å². The van der Waals surface area contributed by atoms with Crippen LogP contribution in [-0.4, -0.2) is 73.1 Å². The largest absolute Gasteiger partial charge is 0.465 e. The highest BCUT2D eigenvalue weighted by Crippen LogP contribution is 2.31. The number of carbonyl (C=O) groups is 3. The highest BCUT2D eigenvalue weighted by Gasteiger charge is 2.42. The summed E-state index contributed by atoms with van der Waals surface area (Å²) in [7, 11) is 0. The van der Waals surface area contributed by atoms with Crippen LogP contribution in [0.2, 0.25) is 0 Å². The number of carbonyl (C=O) groups excluding carboxylic acids is 3. The molecule has 9 heteroatoms. The zero-order valence-electron chi connectivity index (χ0n) is 17.6. The van der Waals surface area contributed by atoms with Gasteiger partial charge in [0.25, 0.3) is 0 Å². The molecule has 1 aromatic rings. The van der Waals surface area contributed by atoms with Crippen molar-refractivity contribution in [2.45, 2.75) is 26.8 Å². The van der Waals surface area contributed by atoms with Crippen molar-refractivity contribution in [1.82, 2.24) is 15.1 Å². The van der Waals surface area contributed by atoms with Gasteiger partial charge in [-0.1, -0.05) is 29.8 Å². The first-order valence-electron chi connectivity index (χ1n) is 10.2. The molecule has 0 saturated carbocycles. The Morgan fingerprint density at radius 3 is 2.30 bits per heavy atom. The lowest BCUT2D eigenvalue weighted by atomic mass is 9.91. The summed E-state index contributed by atoms with van der Waals surface area (Å²) in [6, 6.07) is 6.95. The molecule has 1 fully saturated rings. The van der Waals surface area contributed by atoms with E-state index in [-0.39, 0.29) is 12.7 Å². The highest BCUT2D eigenvalue weighted by molar-refractivity contribution is 6.08. The standard InChI is InChI=1S/C21H28N4O5/c1-4-29-19(27)16-17(15-8-6-14(3)7-9-15)22-20(23-18(16)26)24-10-12-25(13-11-24)21(28)30-5-2/h6-9,16-17H,4-5,10-13H2,1-3H3,(H,22,23,26)/t16-,17-/m0/s1. The number of nitrogens with one attached hydrogen (secondary N) is 1. The van der Waals surface area contributed by atoms with Gasteiger partial charge in [-0.2, -0.15) is 0 Å². The highest BCUT2D eigenvalue weighted by atomic mass is 16.6. The molecular formula is C21H28N4O5. The van der Waals surface area contributed by atoms with Gasteiger partial charge in [-0.15, -0.1) is 0 Å². The number of aryl methyl sites for hydroxylation is 1. The van der Waals surface area contributed by atoms with Crippen LogP contribution in [0.25, 0.3) is 0 Å². The number of nitrogens with zero attached hydrogens (tertiary/aromatic N) is 3. The van der Waals surface area contributed by atoms with Crippen LogP contribution in [0.15, 0.2) is 29.3 Å². The molecule has 2 atom stereocenters. The summed E-state index contributed by atoms with van der Waals surface area (Å²) in [6.45, 7) is 7.89. The molecule has 0 bridgehead atoms. The third-order valence-electron chi connectivity index (χ3n) is 5.16. The number of guanidine groups is 1. The van der Waals surface area contributed by atoms with Gasteiger partial charge in [0, 0.05) is 26.2 Å². The quantitative estimate of drug-likeness (QED) is 0.589. The number of piperazine rings is 1. The number of amides is 2. The van der Waals surface area contributed by atoms with Crippen LogP contribution in [0.1, 0.15) is 31.0 Å². The van der Waals surface area contributed by atoms with Crippen molar-refractivity contribution in [2.24, 2.45) is 10.9 Å². The molecule has 0 spiro atoms. The van der Waals surface area contributed by atoms with Gasteiger partial charge in [0.1, 0.15) is 6.04 Å². The molecule has 3 rings (SSSR count). The normalized spacial score (nSPS) is 21.6. The Bertz CT molecular complexity index is 815. The number of esters is 1. The minimum absolute atomic E-state index is 0.190. The van der Waals surface area contributed by atoms with Crippen LogP contribution < -0.4 is 5.32 Å². The summed E-state index contributed by atoms with van der Waals surface area (Å²) in [5, 5.41) is 2.76. The predicted octanol–water partition coefficient (Wildman–Crippen LogP) is 1.48. The van der Waals surface area contributed by atoms with Gasteiger partial charge >= 0.3 is 12.1 Å². The van der Waals surface area contributed by atoms with Gasteiger partial charge in [0.15, 0.2) is 5.92 Å². The molecular weight excluding hydrogens is 388 g/mol. The Morgan fingerprint density at radius 1 is 1.07 bits per heavy atom. The van der Waals surface area contributed by atoms with E-state index in [2.05, 4.69) is 5.32 Å². The van der Waals surface area contributed by atoms with Crippen molar-refractivity contribution in [1.29, 1.82) is 0 Å². The Kier molecular flexibility index (Phi) is 6.91. The average molecular weight is 416 g/mol. The Balaban J connectivity index is 1.82. The monoisotopic (exact) mass is 416 g/mol. The van der Waals surface area contributed by atoms with Crippen LogP contribution >= 0.6 is 0 Å². The van der Waals surface area contributed by atoms with Crippen molar-refractivity contribution < 1.29 is 23.9 Å². The number of hydrogen-bond donors (Lipinski definition) is 1. The fraction of sp³-hybridized carbons (Fsp3) is 0.524. The average Bonchev–Trinajstić information content (AvgIpc) is 2.74. The number of ether oxygens (including phenoxy) is 2. The molecule has 2 aliphatic rings. The first-order chi connectivity index (χ1) is 14.4. The summed E-state index contributed by atoms with van der Waals surface area (Å²) in [6.07, 6.45) is -0.341. The van der Waals surface area contributed by atoms with E-state index in [0.717, 1.165) is 11.1 Å². The SMILES string of the molecule is CCOC(=O)[C@@H]1C(=O)NC(N2CCN(C(=O)OCC)CC2)=N[C@H]1c1ccc(C)cc1. The van der Waals surface area contributed by atoms with Crippen LogP contribution in [-0.2, 0) is 19.1 Å². The molecule has 162 valence electrons. The van der Waals surface area contributed by atoms with E-state index in [9.17, 15) is 14.4 Å². The molecule has 0 unspecified atom stereocenters. The third-order valence-corrected chi connectivity index (χ3v) is 5.16. The summed E-state index contributed by atoms with van der Waals surface area (Å²) < 4.78 is 10.2. The Morgan fingerprint density at radius 2 is 1.70 bits per heavy atom. The molecule has 1 aromatic carbocycles. The van der Waals surface area contributed by atoms with Crippen LogP contribution in [0.3, 0.4) is 0 Å². The topological polar surface area (TPSA) is 101 Å². The van der Waals surface area contributed by atoms with Gasteiger partial charge in [-0.05, 0) is 26.3 Å². The lowest BCUT2D eigenvalue weighted by Gasteiger charge is -2.38. The molecule has 2 heterocycles. The number of aliphatic imine (C=N–C) groups is 1. The summed E-state index contributed by atoms with van der Waals surface area (Å²) in [5.74, 6) is -1.65. The first kappa shape index (κ1) is 21.6. The molecule has 9 nitrogen and oxygen atoms in total. The molecule has 1 saturated heterocycles. The van der Waals surface area contributed by atoms with Crippen molar-refractivity contribution in [3.8, 4) is 0 Å². The molecule has 0 aliphatic carbocycles. The van der Waals surface area contributed by atoms with Crippen molar-refractivity contribution in [3.05, 3.63) is 35.4 Å². The van der Waals surface area contributed by atoms with Gasteiger partial charge in [0.05, 0.1) is 13.2 Å². The van der Waals surface area contributed by atoms with E-state index in [0.29, 0.717) is 38.7 Å². The zero-order valence-corrected chi connectivity index (χ0v) is 17.6. The first-order valence-corrected chi connectivity index (χ1v) is 10.2. The lowest BCUT2D eigenvalue weighted by molar-refractivity contribution is -0.153. The zero-order chi connectivity index (χ0) is 21.7. The Labute approximate surface area is 176 Å². The minimum Gasteiger partial charge on any atom is -0.465 e. The van der Waals surface area contributed by atoms with Crippen molar-refractivity contribution >= 4 is 23.9 Å². The number of rotatable bonds is 4. The van der Waals surface area contributed by atoms with E-state index in [1.54, 1.807) is 18.7 Å². The summed E-state index contributed by atoms with van der Waals surface area (Å²) in [4.78, 5) is 45.5. The molecule has 0 radical (unpaired) electrons. The minimum atomic E-state index is -1.04. The van der Waals surface area contributed by atoms with E-state index in [1.165, 1.54) is 0 Å². The molecule has 1 N–H and O–H groups in total. The summed E-state index contributed by atoms with van der Waals surface area (Å²) >= 11 is 0. The van der Waals surface area contributed by atoms with Gasteiger partial charge in [0.2, 0.25) is 11.9 Å². The van der Waals surface area contributed by atoms with Crippen molar-refractivity contribution in [3.63, 3.8) is 0 Å². The lowest BCUT2D eigenvalue weighted by Crippen LogP contribution is -2.58. The number of hydrogen-bond acceptors (Lipinski definition) is 7. The van der Waals surface area contributed by atoms with Gasteiger partial charge < -0.3 is 19.3 Å². The van der Waals surface area contributed by atoms with Gasteiger partial charge in [-0.3, -0.25) is 14.9 Å². The van der Waals surface area contributed by atoms with Gasteiger partial charge in [-0.25, -0.2) is 9.79 Å². The second-order valence-corrected chi connectivity index (χ2v) is 7.20. The van der Waals surface area contributed by atoms with E-state index < -0.39 is 23.8 Å². The fourth-order valence-corrected chi connectivity index (χ4v) is 3.54. The van der Waals surface area contributed by atoms with E-state index in [4.69, 9.17) is 14.5 Å². The van der Waals surface area contributed by atoms with E-state index in [1.807, 2.05) is 36.1 Å². The number of benzene rings is 1. The molecule has 2 aliphatic heterocycles. The van der Waals surface area contributed by atoms with E-state index >= 15 is 0 Å². The predicted molar refractivity (Wildman–Crippen MR) is 110 cm³/mol. The second kappa shape index (κ2) is 9.60. The maximum atomic E-state index is 12.9.